The minimum atomic E-state index is 0.303. The van der Waals surface area contributed by atoms with Crippen molar-refractivity contribution in [2.45, 2.75) is 12.5 Å². The van der Waals surface area contributed by atoms with Gasteiger partial charge < -0.3 is 9.72 Å². The first kappa shape index (κ1) is 8.68. The molecule has 2 aromatic rings. The molecule has 0 aliphatic carbocycles. The molecule has 1 aliphatic heterocycles. The molecule has 0 radical (unpaired) electrons. The van der Waals surface area contributed by atoms with Crippen LogP contribution in [0.15, 0.2) is 24.3 Å². The third-order valence-electron chi connectivity index (χ3n) is 2.78. The van der Waals surface area contributed by atoms with Crippen LogP contribution in [0, 0.1) is 0 Å². The first-order valence-electron chi connectivity index (χ1n) is 5.05. The van der Waals surface area contributed by atoms with Gasteiger partial charge in [0.15, 0.2) is 6.29 Å². The zero-order valence-electron chi connectivity index (χ0n) is 8.19. The third kappa shape index (κ3) is 1.45. The highest BCUT2D eigenvalue weighted by Gasteiger charge is 2.25. The predicted octanol–water partition coefficient (Wildman–Crippen LogP) is 1.92. The van der Waals surface area contributed by atoms with E-state index in [0.717, 1.165) is 41.5 Å². The Balaban J connectivity index is 2.14. The highest BCUT2D eigenvalue weighted by molar-refractivity contribution is 5.98. The Labute approximate surface area is 87.1 Å². The van der Waals surface area contributed by atoms with Crippen LogP contribution in [0.2, 0.25) is 0 Å². The lowest BCUT2D eigenvalue weighted by Crippen LogP contribution is -1.96. The van der Waals surface area contributed by atoms with Crippen molar-refractivity contribution in [1.82, 2.24) is 4.98 Å². The largest absolute Gasteiger partial charge is 0.373 e. The maximum Gasteiger partial charge on any atom is 0.152 e. The van der Waals surface area contributed by atoms with E-state index in [1.807, 2.05) is 24.3 Å². The van der Waals surface area contributed by atoms with Gasteiger partial charge in [-0.2, -0.15) is 0 Å². The number of carbonyl (C=O) groups excluding carboxylic acids is 1. The van der Waals surface area contributed by atoms with E-state index in [1.165, 1.54) is 0 Å². The molecular weight excluding hydrogens is 190 g/mol. The first-order chi connectivity index (χ1) is 7.38. The molecule has 1 N–H and O–H groups in total. The van der Waals surface area contributed by atoms with Crippen LogP contribution < -0.4 is 0 Å². The van der Waals surface area contributed by atoms with Gasteiger partial charge in [-0.1, -0.05) is 18.2 Å². The van der Waals surface area contributed by atoms with Crippen LogP contribution >= 0.6 is 0 Å². The van der Waals surface area contributed by atoms with Crippen molar-refractivity contribution in [2.75, 3.05) is 6.61 Å². The van der Waals surface area contributed by atoms with Crippen LogP contribution in [0.1, 0.15) is 16.1 Å². The van der Waals surface area contributed by atoms with Crippen LogP contribution in [0.25, 0.3) is 10.9 Å². The van der Waals surface area contributed by atoms with Crippen LogP contribution in [0.5, 0.6) is 0 Å². The predicted molar refractivity (Wildman–Crippen MR) is 57.1 cm³/mol. The quantitative estimate of drug-likeness (QED) is 0.609. The Morgan fingerprint density at radius 1 is 1.47 bits per heavy atom. The van der Waals surface area contributed by atoms with E-state index in [9.17, 15) is 4.79 Å². The molecule has 15 heavy (non-hydrogen) atoms. The fourth-order valence-electron chi connectivity index (χ4n) is 1.93. The summed E-state index contributed by atoms with van der Waals surface area (Å²) < 4.78 is 5.17. The molecule has 1 saturated heterocycles. The third-order valence-corrected chi connectivity index (χ3v) is 2.78. The van der Waals surface area contributed by atoms with Gasteiger partial charge in [0.05, 0.1) is 12.7 Å². The molecule has 0 spiro atoms. The summed E-state index contributed by atoms with van der Waals surface area (Å²) in [4.78, 5) is 14.3. The fourth-order valence-corrected chi connectivity index (χ4v) is 1.93. The number of hydrogen-bond acceptors (Lipinski definition) is 2. The Morgan fingerprint density at radius 3 is 3.00 bits per heavy atom. The van der Waals surface area contributed by atoms with Crippen molar-refractivity contribution in [3.05, 3.63) is 35.5 Å². The molecule has 0 bridgehead atoms. The highest BCUT2D eigenvalue weighted by Crippen LogP contribution is 2.24. The van der Waals surface area contributed by atoms with Gasteiger partial charge >= 0.3 is 0 Å². The lowest BCUT2D eigenvalue weighted by molar-refractivity contribution is 0.112. The summed E-state index contributed by atoms with van der Waals surface area (Å²) in [5.41, 5.74) is 2.80. The molecule has 1 aromatic heterocycles. The molecule has 1 aliphatic rings. The van der Waals surface area contributed by atoms with Gasteiger partial charge in [-0.3, -0.25) is 4.79 Å². The van der Waals surface area contributed by atoms with Crippen LogP contribution in [-0.2, 0) is 11.2 Å². The first-order valence-corrected chi connectivity index (χ1v) is 5.05. The van der Waals surface area contributed by atoms with Crippen molar-refractivity contribution in [3.63, 3.8) is 0 Å². The molecule has 3 heteroatoms. The SMILES string of the molecule is O=Cc1c(CC2CO2)[nH]c2ccccc12. The van der Waals surface area contributed by atoms with Crippen molar-refractivity contribution >= 4 is 17.2 Å². The molecule has 1 atom stereocenters. The second-order valence-corrected chi connectivity index (χ2v) is 3.84. The number of nitrogens with one attached hydrogen (secondary N) is 1. The summed E-state index contributed by atoms with van der Waals surface area (Å²) in [6.07, 6.45) is 2.04. The molecule has 1 aromatic carbocycles. The molecule has 3 rings (SSSR count). The number of H-pyrrole nitrogens is 1. The minimum absolute atomic E-state index is 0.303. The van der Waals surface area contributed by atoms with Gasteiger partial charge in [0, 0.05) is 28.6 Å². The second kappa shape index (κ2) is 3.21. The normalized spacial score (nSPS) is 19.3. The van der Waals surface area contributed by atoms with Gasteiger partial charge in [0.1, 0.15) is 0 Å². The number of benzene rings is 1. The van der Waals surface area contributed by atoms with Crippen molar-refractivity contribution in [2.24, 2.45) is 0 Å². The Kier molecular flexibility index (Phi) is 1.86. The van der Waals surface area contributed by atoms with Crippen LogP contribution in [0.4, 0.5) is 0 Å². The number of carbonyl (C=O) groups is 1. The van der Waals surface area contributed by atoms with Gasteiger partial charge in [0.2, 0.25) is 0 Å². The molecule has 1 fully saturated rings. The van der Waals surface area contributed by atoms with Crippen molar-refractivity contribution in [1.29, 1.82) is 0 Å². The number of aromatic nitrogens is 1. The summed E-state index contributed by atoms with van der Waals surface area (Å²) in [6.45, 7) is 0.813. The molecule has 1 unspecified atom stereocenters. The van der Waals surface area contributed by atoms with E-state index >= 15 is 0 Å². The van der Waals surface area contributed by atoms with E-state index in [-0.39, 0.29) is 0 Å². The highest BCUT2D eigenvalue weighted by atomic mass is 16.6. The number of hydrogen-bond donors (Lipinski definition) is 1. The van der Waals surface area contributed by atoms with Gasteiger partial charge in [-0.15, -0.1) is 0 Å². The average Bonchev–Trinajstić information content (AvgIpc) is 2.99. The van der Waals surface area contributed by atoms with Gasteiger partial charge in [-0.05, 0) is 6.07 Å². The molecule has 2 heterocycles. The van der Waals surface area contributed by atoms with E-state index in [4.69, 9.17) is 4.74 Å². The molecular formula is C12H11NO2. The smallest absolute Gasteiger partial charge is 0.152 e. The Morgan fingerprint density at radius 2 is 2.27 bits per heavy atom. The lowest BCUT2D eigenvalue weighted by Gasteiger charge is -1.93. The van der Waals surface area contributed by atoms with Gasteiger partial charge in [0.25, 0.3) is 0 Å². The molecule has 76 valence electrons. The molecule has 3 nitrogen and oxygen atoms in total. The fraction of sp³-hybridized carbons (Fsp3) is 0.250. The Bertz CT molecular complexity index is 511. The summed E-state index contributed by atoms with van der Waals surface area (Å²) in [5.74, 6) is 0. The molecule has 0 saturated carbocycles. The standard InChI is InChI=1S/C12H11NO2/c14-6-10-9-3-1-2-4-11(9)13-12(10)5-8-7-15-8/h1-4,6,8,13H,5,7H2. The number of epoxide rings is 1. The zero-order valence-corrected chi connectivity index (χ0v) is 8.19. The number of para-hydroxylation sites is 1. The summed E-state index contributed by atoms with van der Waals surface area (Å²) in [7, 11) is 0. The van der Waals surface area contributed by atoms with E-state index in [2.05, 4.69) is 4.98 Å². The minimum Gasteiger partial charge on any atom is -0.373 e. The number of fused-ring (bicyclic) bond motifs is 1. The number of aromatic amines is 1. The monoisotopic (exact) mass is 201 g/mol. The summed E-state index contributed by atoms with van der Waals surface area (Å²) in [5, 5.41) is 1.00. The summed E-state index contributed by atoms with van der Waals surface area (Å²) >= 11 is 0. The van der Waals surface area contributed by atoms with E-state index in [0.29, 0.717) is 6.10 Å². The average molecular weight is 201 g/mol. The van der Waals surface area contributed by atoms with E-state index < -0.39 is 0 Å². The lowest BCUT2D eigenvalue weighted by atomic mass is 10.1. The summed E-state index contributed by atoms with van der Waals surface area (Å²) in [6, 6.07) is 7.86. The maximum atomic E-state index is 11.0. The van der Waals surface area contributed by atoms with E-state index in [1.54, 1.807) is 0 Å². The van der Waals surface area contributed by atoms with Gasteiger partial charge in [-0.25, -0.2) is 0 Å². The number of rotatable bonds is 3. The van der Waals surface area contributed by atoms with Crippen molar-refractivity contribution < 1.29 is 9.53 Å². The topological polar surface area (TPSA) is 45.4 Å². The van der Waals surface area contributed by atoms with Crippen LogP contribution in [0.3, 0.4) is 0 Å². The maximum absolute atomic E-state index is 11.0. The molecule has 0 amide bonds. The number of aldehydes is 1. The Hall–Kier alpha value is -1.61. The zero-order chi connectivity index (χ0) is 10.3. The second-order valence-electron chi connectivity index (χ2n) is 3.84. The van der Waals surface area contributed by atoms with Crippen LogP contribution in [-0.4, -0.2) is 24.0 Å². The number of ether oxygens (including phenoxy) is 1. The van der Waals surface area contributed by atoms with Crippen molar-refractivity contribution in [3.8, 4) is 0 Å².